The van der Waals surface area contributed by atoms with E-state index in [0.717, 1.165) is 61.5 Å². The van der Waals surface area contributed by atoms with Crippen LogP contribution in [0.3, 0.4) is 0 Å². The standard InChI is InChI=1S/C31H43N3O4/c1-4-10-28(5-2)38-29-19-27(34-18-17-33(22-30(34)36)26-12-7-6-8-13-26)15-14-24(29)20-32-16-9-11-25(21-32)31(3,37)23-35/h5-8,12-15,19,25,28,35,37H,2,4,9-11,16-18,20-23H2,1,3H3/t25-,28?,31+/m0/s1. The molecular formula is C31H43N3O4. The summed E-state index contributed by atoms with van der Waals surface area (Å²) < 4.78 is 6.47. The van der Waals surface area contributed by atoms with Gasteiger partial charge in [-0.25, -0.2) is 0 Å². The lowest BCUT2D eigenvalue weighted by atomic mass is 9.83. The molecule has 7 heteroatoms. The van der Waals surface area contributed by atoms with Gasteiger partial charge in [-0.1, -0.05) is 50.3 Å². The van der Waals surface area contributed by atoms with Crippen molar-refractivity contribution in [3.8, 4) is 5.75 Å². The molecular weight excluding hydrogens is 478 g/mol. The maximum absolute atomic E-state index is 13.2. The minimum atomic E-state index is -1.08. The Morgan fingerprint density at radius 3 is 2.63 bits per heavy atom. The molecule has 3 atom stereocenters. The van der Waals surface area contributed by atoms with Crippen molar-refractivity contribution in [2.75, 3.05) is 49.1 Å². The summed E-state index contributed by atoms with van der Waals surface area (Å²) in [5.41, 5.74) is 1.88. The van der Waals surface area contributed by atoms with E-state index in [0.29, 0.717) is 26.2 Å². The lowest BCUT2D eigenvalue weighted by Crippen LogP contribution is -2.50. The highest BCUT2D eigenvalue weighted by atomic mass is 16.5. The molecule has 0 spiro atoms. The Balaban J connectivity index is 1.53. The number of para-hydroxylation sites is 1. The number of hydrogen-bond acceptors (Lipinski definition) is 6. The minimum Gasteiger partial charge on any atom is -0.486 e. The third-order valence-corrected chi connectivity index (χ3v) is 7.92. The molecule has 0 aliphatic carbocycles. The summed E-state index contributed by atoms with van der Waals surface area (Å²) in [5, 5.41) is 20.3. The number of aliphatic hydroxyl groups is 2. The van der Waals surface area contributed by atoms with Gasteiger partial charge in [-0.15, -0.1) is 0 Å². The number of amides is 1. The van der Waals surface area contributed by atoms with E-state index in [9.17, 15) is 15.0 Å². The van der Waals surface area contributed by atoms with Gasteiger partial charge in [-0.05, 0) is 50.9 Å². The third kappa shape index (κ3) is 6.76. The second-order valence-electron chi connectivity index (χ2n) is 10.9. The van der Waals surface area contributed by atoms with Crippen LogP contribution >= 0.6 is 0 Å². The third-order valence-electron chi connectivity index (χ3n) is 7.92. The SMILES string of the molecule is C=CC(CCC)Oc1cc(N2CCN(c3ccccc3)CC2=O)ccc1CN1CCC[C@H]([C@](C)(O)CO)C1. The molecule has 2 aromatic carbocycles. The van der Waals surface area contributed by atoms with Gasteiger partial charge in [0.2, 0.25) is 5.91 Å². The highest BCUT2D eigenvalue weighted by molar-refractivity contribution is 5.98. The number of ether oxygens (including phenoxy) is 1. The first-order chi connectivity index (χ1) is 18.3. The molecule has 0 bridgehead atoms. The predicted octanol–water partition coefficient (Wildman–Crippen LogP) is 4.23. The average molecular weight is 522 g/mol. The normalized spacial score (nSPS) is 21.2. The van der Waals surface area contributed by atoms with E-state index in [1.54, 1.807) is 6.92 Å². The van der Waals surface area contributed by atoms with E-state index in [1.165, 1.54) is 0 Å². The fourth-order valence-corrected chi connectivity index (χ4v) is 5.51. The van der Waals surface area contributed by atoms with E-state index in [4.69, 9.17) is 4.74 Å². The molecule has 0 saturated carbocycles. The number of carbonyl (C=O) groups is 1. The van der Waals surface area contributed by atoms with Gasteiger partial charge in [0.15, 0.2) is 0 Å². The van der Waals surface area contributed by atoms with Crippen LogP contribution in [0.1, 0.15) is 45.1 Å². The topological polar surface area (TPSA) is 76.5 Å². The summed E-state index contributed by atoms with van der Waals surface area (Å²) in [4.78, 5) is 19.5. The van der Waals surface area contributed by atoms with Crippen LogP contribution in [-0.4, -0.2) is 72.1 Å². The van der Waals surface area contributed by atoms with E-state index < -0.39 is 5.60 Å². The highest BCUT2D eigenvalue weighted by Crippen LogP contribution is 2.33. The van der Waals surface area contributed by atoms with Gasteiger partial charge in [0.25, 0.3) is 0 Å². The number of piperidine rings is 1. The lowest BCUT2D eigenvalue weighted by Gasteiger charge is -2.40. The number of nitrogens with zero attached hydrogens (tertiary/aromatic N) is 3. The van der Waals surface area contributed by atoms with Crippen molar-refractivity contribution in [2.24, 2.45) is 5.92 Å². The van der Waals surface area contributed by atoms with E-state index in [-0.39, 0.29) is 24.5 Å². The number of benzene rings is 2. The quantitative estimate of drug-likeness (QED) is 0.431. The van der Waals surface area contributed by atoms with Crippen LogP contribution in [0.2, 0.25) is 0 Å². The zero-order chi connectivity index (χ0) is 27.1. The Bertz CT molecular complexity index is 1070. The zero-order valence-corrected chi connectivity index (χ0v) is 22.9. The molecule has 4 rings (SSSR count). The highest BCUT2D eigenvalue weighted by Gasteiger charge is 2.35. The lowest BCUT2D eigenvalue weighted by molar-refractivity contribution is -0.117. The molecule has 0 aromatic heterocycles. The van der Waals surface area contributed by atoms with E-state index >= 15 is 0 Å². The maximum Gasteiger partial charge on any atom is 0.246 e. The van der Waals surface area contributed by atoms with Gasteiger partial charge in [-0.2, -0.15) is 0 Å². The number of likely N-dealkylation sites (tertiary alicyclic amines) is 1. The number of rotatable bonds is 11. The number of carbonyl (C=O) groups excluding carboxylic acids is 1. The second kappa shape index (κ2) is 12.8. The smallest absolute Gasteiger partial charge is 0.246 e. The van der Waals surface area contributed by atoms with Crippen molar-refractivity contribution in [1.29, 1.82) is 0 Å². The summed E-state index contributed by atoms with van der Waals surface area (Å²) in [6.07, 6.45) is 5.46. The Kier molecular flexibility index (Phi) is 9.47. The first-order valence-electron chi connectivity index (χ1n) is 13.9. The Labute approximate surface area is 227 Å². The summed E-state index contributed by atoms with van der Waals surface area (Å²) in [6.45, 7) is 11.6. The first kappa shape index (κ1) is 28.1. The summed E-state index contributed by atoms with van der Waals surface area (Å²) in [6, 6.07) is 16.2. The van der Waals surface area contributed by atoms with Crippen LogP contribution in [0.4, 0.5) is 11.4 Å². The van der Waals surface area contributed by atoms with Gasteiger partial charge < -0.3 is 24.7 Å². The molecule has 2 aliphatic rings. The number of anilines is 2. The monoisotopic (exact) mass is 521 g/mol. The Morgan fingerprint density at radius 2 is 1.95 bits per heavy atom. The van der Waals surface area contributed by atoms with Crippen molar-refractivity contribution in [3.63, 3.8) is 0 Å². The maximum atomic E-state index is 13.2. The molecule has 0 radical (unpaired) electrons. The second-order valence-corrected chi connectivity index (χ2v) is 10.9. The molecule has 206 valence electrons. The van der Waals surface area contributed by atoms with Crippen molar-refractivity contribution in [2.45, 2.75) is 57.8 Å². The van der Waals surface area contributed by atoms with Crippen molar-refractivity contribution in [3.05, 3.63) is 66.7 Å². The molecule has 1 unspecified atom stereocenters. The van der Waals surface area contributed by atoms with Crippen LogP contribution in [0, 0.1) is 5.92 Å². The van der Waals surface area contributed by atoms with Crippen LogP contribution in [-0.2, 0) is 11.3 Å². The molecule has 2 aromatic rings. The number of aliphatic hydroxyl groups excluding tert-OH is 1. The average Bonchev–Trinajstić information content (AvgIpc) is 2.94. The fourth-order valence-electron chi connectivity index (χ4n) is 5.51. The van der Waals surface area contributed by atoms with Crippen molar-refractivity contribution in [1.82, 2.24) is 4.90 Å². The largest absolute Gasteiger partial charge is 0.486 e. The molecule has 1 amide bonds. The summed E-state index contributed by atoms with van der Waals surface area (Å²) in [7, 11) is 0. The molecule has 2 heterocycles. The molecule has 2 N–H and O–H groups in total. The Morgan fingerprint density at radius 1 is 1.16 bits per heavy atom. The predicted molar refractivity (Wildman–Crippen MR) is 153 cm³/mol. The Hall–Kier alpha value is -2.87. The van der Waals surface area contributed by atoms with Gasteiger partial charge in [0.1, 0.15) is 11.9 Å². The van der Waals surface area contributed by atoms with Crippen molar-refractivity contribution >= 4 is 17.3 Å². The van der Waals surface area contributed by atoms with Crippen LogP contribution in [0.5, 0.6) is 5.75 Å². The first-order valence-corrected chi connectivity index (χ1v) is 13.9. The minimum absolute atomic E-state index is 0.0180. The summed E-state index contributed by atoms with van der Waals surface area (Å²) >= 11 is 0. The molecule has 2 aliphatic heterocycles. The summed E-state index contributed by atoms with van der Waals surface area (Å²) in [5.74, 6) is 0.859. The molecule has 2 saturated heterocycles. The van der Waals surface area contributed by atoms with E-state index in [2.05, 4.69) is 29.4 Å². The van der Waals surface area contributed by atoms with Crippen molar-refractivity contribution < 1.29 is 19.7 Å². The van der Waals surface area contributed by atoms with Gasteiger partial charge in [-0.3, -0.25) is 9.69 Å². The molecule has 38 heavy (non-hydrogen) atoms. The molecule has 2 fully saturated rings. The molecule has 7 nitrogen and oxygen atoms in total. The van der Waals surface area contributed by atoms with Gasteiger partial charge in [0.05, 0.1) is 18.8 Å². The van der Waals surface area contributed by atoms with E-state index in [1.807, 2.05) is 53.4 Å². The van der Waals surface area contributed by atoms with Gasteiger partial charge >= 0.3 is 0 Å². The zero-order valence-electron chi connectivity index (χ0n) is 22.9. The van der Waals surface area contributed by atoms with Crippen LogP contribution < -0.4 is 14.5 Å². The number of hydrogen-bond donors (Lipinski definition) is 2. The van der Waals surface area contributed by atoms with Crippen LogP contribution in [0.25, 0.3) is 0 Å². The fraction of sp³-hybridized carbons (Fsp3) is 0.516. The van der Waals surface area contributed by atoms with Crippen LogP contribution in [0.15, 0.2) is 61.2 Å². The van der Waals surface area contributed by atoms with Gasteiger partial charge in [0, 0.05) is 55.1 Å². The number of piperazine rings is 1.